The summed E-state index contributed by atoms with van der Waals surface area (Å²) in [5.41, 5.74) is 2.63. The van der Waals surface area contributed by atoms with E-state index in [1.54, 1.807) is 0 Å². The van der Waals surface area contributed by atoms with Crippen LogP contribution >= 0.6 is 11.6 Å². The highest BCUT2D eigenvalue weighted by atomic mass is 35.5. The second-order valence-corrected chi connectivity index (χ2v) is 5.84. The van der Waals surface area contributed by atoms with Crippen molar-refractivity contribution in [3.8, 4) is 0 Å². The molecule has 0 aliphatic rings. The van der Waals surface area contributed by atoms with Gasteiger partial charge in [-0.05, 0) is 36.3 Å². The van der Waals surface area contributed by atoms with E-state index < -0.39 is 0 Å². The van der Waals surface area contributed by atoms with Gasteiger partial charge in [0, 0.05) is 24.2 Å². The standard InChI is InChI=1S/C19H25ClN2/c1-3-22(4-2)19(17-10-12-18(20)13-11-17)15-21-14-16-8-6-5-7-9-16/h5-13,19,21H,3-4,14-15H2,1-2H3. The molecule has 0 bridgehead atoms. The summed E-state index contributed by atoms with van der Waals surface area (Å²) in [6, 6.07) is 19.1. The minimum absolute atomic E-state index is 0.371. The van der Waals surface area contributed by atoms with Crippen LogP contribution in [0.4, 0.5) is 0 Å². The molecule has 0 fully saturated rings. The number of hydrogen-bond acceptors (Lipinski definition) is 2. The van der Waals surface area contributed by atoms with E-state index >= 15 is 0 Å². The Kier molecular flexibility index (Phi) is 6.91. The van der Waals surface area contributed by atoms with Gasteiger partial charge in [0.1, 0.15) is 0 Å². The lowest BCUT2D eigenvalue weighted by Gasteiger charge is -2.30. The van der Waals surface area contributed by atoms with Crippen molar-refractivity contribution < 1.29 is 0 Å². The van der Waals surface area contributed by atoms with E-state index in [4.69, 9.17) is 11.6 Å². The highest BCUT2D eigenvalue weighted by Crippen LogP contribution is 2.22. The first kappa shape index (κ1) is 17.0. The Hall–Kier alpha value is -1.35. The smallest absolute Gasteiger partial charge is 0.0472 e. The van der Waals surface area contributed by atoms with Crippen molar-refractivity contribution in [2.45, 2.75) is 26.4 Å². The highest BCUT2D eigenvalue weighted by molar-refractivity contribution is 6.30. The van der Waals surface area contributed by atoms with Gasteiger partial charge in [0.2, 0.25) is 0 Å². The van der Waals surface area contributed by atoms with Crippen LogP contribution in [0.5, 0.6) is 0 Å². The fraction of sp³-hybridized carbons (Fsp3) is 0.368. The largest absolute Gasteiger partial charge is 0.311 e. The lowest BCUT2D eigenvalue weighted by atomic mass is 10.0. The summed E-state index contributed by atoms with van der Waals surface area (Å²) < 4.78 is 0. The first-order chi connectivity index (χ1) is 10.7. The monoisotopic (exact) mass is 316 g/mol. The predicted octanol–water partition coefficient (Wildman–Crippen LogP) is 4.51. The summed E-state index contributed by atoms with van der Waals surface area (Å²) in [6.07, 6.45) is 0. The molecule has 2 rings (SSSR count). The molecule has 1 N–H and O–H groups in total. The predicted molar refractivity (Wildman–Crippen MR) is 95.3 cm³/mol. The third kappa shape index (κ3) is 4.84. The van der Waals surface area contributed by atoms with Gasteiger partial charge in [-0.25, -0.2) is 0 Å². The molecule has 0 aromatic heterocycles. The Morgan fingerprint density at radius 2 is 1.59 bits per heavy atom. The minimum atomic E-state index is 0.371. The highest BCUT2D eigenvalue weighted by Gasteiger charge is 2.17. The van der Waals surface area contributed by atoms with Crippen molar-refractivity contribution in [2.24, 2.45) is 0 Å². The van der Waals surface area contributed by atoms with Gasteiger partial charge in [-0.15, -0.1) is 0 Å². The maximum atomic E-state index is 6.02. The zero-order valence-corrected chi connectivity index (χ0v) is 14.2. The Morgan fingerprint density at radius 3 is 2.18 bits per heavy atom. The van der Waals surface area contributed by atoms with Crippen molar-refractivity contribution in [3.63, 3.8) is 0 Å². The molecule has 1 atom stereocenters. The molecule has 0 aliphatic heterocycles. The lowest BCUT2D eigenvalue weighted by Crippen LogP contribution is -2.35. The van der Waals surface area contributed by atoms with E-state index in [2.05, 4.69) is 66.5 Å². The third-order valence-corrected chi connectivity index (χ3v) is 4.27. The van der Waals surface area contributed by atoms with E-state index in [1.807, 2.05) is 12.1 Å². The van der Waals surface area contributed by atoms with Crippen LogP contribution in [-0.2, 0) is 6.54 Å². The van der Waals surface area contributed by atoms with Crippen LogP contribution in [0.3, 0.4) is 0 Å². The number of nitrogens with zero attached hydrogens (tertiary/aromatic N) is 1. The van der Waals surface area contributed by atoms with E-state index in [0.29, 0.717) is 6.04 Å². The summed E-state index contributed by atoms with van der Waals surface area (Å²) in [7, 11) is 0. The molecule has 0 radical (unpaired) electrons. The SMILES string of the molecule is CCN(CC)C(CNCc1ccccc1)c1ccc(Cl)cc1. The molecular weight excluding hydrogens is 292 g/mol. The van der Waals surface area contributed by atoms with E-state index in [1.165, 1.54) is 11.1 Å². The van der Waals surface area contributed by atoms with Crippen molar-refractivity contribution >= 4 is 11.6 Å². The fourth-order valence-electron chi connectivity index (χ4n) is 2.76. The third-order valence-electron chi connectivity index (χ3n) is 4.02. The molecular formula is C19H25ClN2. The Labute approximate surface area is 139 Å². The summed E-state index contributed by atoms with van der Waals surface area (Å²) in [6.45, 7) is 8.32. The van der Waals surface area contributed by atoms with E-state index in [9.17, 15) is 0 Å². The number of likely N-dealkylation sites (N-methyl/N-ethyl adjacent to an activating group) is 1. The van der Waals surface area contributed by atoms with Gasteiger partial charge in [0.15, 0.2) is 0 Å². The quantitative estimate of drug-likeness (QED) is 0.770. The molecule has 1 unspecified atom stereocenters. The Balaban J connectivity index is 2.03. The average Bonchev–Trinajstić information content (AvgIpc) is 2.56. The normalized spacial score (nSPS) is 12.5. The first-order valence-electron chi connectivity index (χ1n) is 7.98. The van der Waals surface area contributed by atoms with Crippen LogP contribution in [-0.4, -0.2) is 24.5 Å². The summed E-state index contributed by atoms with van der Waals surface area (Å²) >= 11 is 6.02. The molecule has 2 nitrogen and oxygen atoms in total. The van der Waals surface area contributed by atoms with Gasteiger partial charge in [0.05, 0.1) is 0 Å². The van der Waals surface area contributed by atoms with Crippen molar-refractivity contribution in [3.05, 3.63) is 70.7 Å². The van der Waals surface area contributed by atoms with Crippen LogP contribution in [0.1, 0.15) is 31.0 Å². The molecule has 0 saturated carbocycles. The molecule has 0 aliphatic carbocycles. The molecule has 0 saturated heterocycles. The van der Waals surface area contributed by atoms with Gasteiger partial charge in [0.25, 0.3) is 0 Å². The second-order valence-electron chi connectivity index (χ2n) is 5.41. The Bertz CT molecular complexity index is 535. The topological polar surface area (TPSA) is 15.3 Å². The second kappa shape index (κ2) is 8.94. The molecule has 3 heteroatoms. The van der Waals surface area contributed by atoms with Crippen LogP contribution in [0.2, 0.25) is 5.02 Å². The van der Waals surface area contributed by atoms with Gasteiger partial charge >= 0.3 is 0 Å². The van der Waals surface area contributed by atoms with Crippen LogP contribution in [0.15, 0.2) is 54.6 Å². The van der Waals surface area contributed by atoms with E-state index in [0.717, 1.165) is 31.2 Å². The Morgan fingerprint density at radius 1 is 0.955 bits per heavy atom. The first-order valence-corrected chi connectivity index (χ1v) is 8.36. The van der Waals surface area contributed by atoms with Gasteiger partial charge in [-0.3, -0.25) is 4.90 Å². The minimum Gasteiger partial charge on any atom is -0.311 e. The van der Waals surface area contributed by atoms with Gasteiger partial charge in [-0.1, -0.05) is 67.9 Å². The molecule has 0 spiro atoms. The van der Waals surface area contributed by atoms with Crippen LogP contribution < -0.4 is 5.32 Å². The van der Waals surface area contributed by atoms with Gasteiger partial charge < -0.3 is 5.32 Å². The molecule has 2 aromatic carbocycles. The average molecular weight is 317 g/mol. The molecule has 118 valence electrons. The zero-order valence-electron chi connectivity index (χ0n) is 13.4. The summed E-state index contributed by atoms with van der Waals surface area (Å²) in [4.78, 5) is 2.47. The molecule has 0 amide bonds. The van der Waals surface area contributed by atoms with Crippen molar-refractivity contribution in [1.82, 2.24) is 10.2 Å². The lowest BCUT2D eigenvalue weighted by molar-refractivity contribution is 0.213. The van der Waals surface area contributed by atoms with Crippen molar-refractivity contribution in [2.75, 3.05) is 19.6 Å². The maximum absolute atomic E-state index is 6.02. The van der Waals surface area contributed by atoms with E-state index in [-0.39, 0.29) is 0 Å². The number of nitrogens with one attached hydrogen (secondary N) is 1. The molecule has 0 heterocycles. The number of halogens is 1. The fourth-order valence-corrected chi connectivity index (χ4v) is 2.88. The maximum Gasteiger partial charge on any atom is 0.0472 e. The number of benzene rings is 2. The van der Waals surface area contributed by atoms with Crippen molar-refractivity contribution in [1.29, 1.82) is 0 Å². The van der Waals surface area contributed by atoms with Gasteiger partial charge in [-0.2, -0.15) is 0 Å². The summed E-state index contributed by atoms with van der Waals surface area (Å²) in [5.74, 6) is 0. The molecule has 22 heavy (non-hydrogen) atoms. The summed E-state index contributed by atoms with van der Waals surface area (Å²) in [5, 5.41) is 4.38. The number of rotatable bonds is 8. The van der Waals surface area contributed by atoms with Crippen LogP contribution in [0.25, 0.3) is 0 Å². The molecule has 2 aromatic rings. The van der Waals surface area contributed by atoms with Crippen LogP contribution in [0, 0.1) is 0 Å². The number of hydrogen-bond donors (Lipinski definition) is 1. The zero-order chi connectivity index (χ0) is 15.8.